The third kappa shape index (κ3) is 5.20. The van der Waals surface area contributed by atoms with Crippen LogP contribution in [-0.4, -0.2) is 11.9 Å². The maximum Gasteiger partial charge on any atom is 0.224 e. The van der Waals surface area contributed by atoms with E-state index in [0.29, 0.717) is 0 Å². The molecule has 0 unspecified atom stereocenters. The lowest BCUT2D eigenvalue weighted by Gasteiger charge is -2.39. The summed E-state index contributed by atoms with van der Waals surface area (Å²) in [6.07, 6.45) is 8.02. The van der Waals surface area contributed by atoms with Crippen molar-refractivity contribution >= 4 is 17.3 Å². The molecule has 1 aliphatic rings. The molecule has 1 N–H and O–H groups in total. The number of benzene rings is 2. The van der Waals surface area contributed by atoms with Crippen LogP contribution in [0.3, 0.4) is 0 Å². The van der Waals surface area contributed by atoms with Crippen LogP contribution in [0.5, 0.6) is 0 Å². The third-order valence-corrected chi connectivity index (χ3v) is 6.02. The van der Waals surface area contributed by atoms with Gasteiger partial charge in [-0.25, -0.2) is 0 Å². The highest BCUT2D eigenvalue weighted by Crippen LogP contribution is 2.39. The fraction of sp³-hybridized carbons (Fsp3) is 0.500. The summed E-state index contributed by atoms with van der Waals surface area (Å²) < 4.78 is 0. The van der Waals surface area contributed by atoms with E-state index in [1.165, 1.54) is 42.4 Å². The number of amides is 1. The third-order valence-electron chi connectivity index (χ3n) is 6.02. The molecule has 1 amide bonds. The Morgan fingerprint density at radius 2 is 1.62 bits per heavy atom. The van der Waals surface area contributed by atoms with Crippen molar-refractivity contribution in [3.05, 3.63) is 59.2 Å². The monoisotopic (exact) mass is 392 g/mol. The van der Waals surface area contributed by atoms with E-state index in [4.69, 9.17) is 0 Å². The number of hydrogen-bond donors (Lipinski definition) is 1. The lowest BCUT2D eigenvalue weighted by Crippen LogP contribution is -2.43. The smallest absolute Gasteiger partial charge is 0.224 e. The lowest BCUT2D eigenvalue weighted by atomic mass is 9.89. The van der Waals surface area contributed by atoms with Crippen molar-refractivity contribution in [3.63, 3.8) is 0 Å². The standard InChI is InChI=1S/C26H36N2O/c1-5-7-9-21-11-14-23(15-12-21)27-25-17-19(3)28(20(4)29)26-16-13-22(10-8-6-2)18-24(25)26/h11-16,18-19,25,27H,5-10,17H2,1-4H3/t19-,25+/m0/s1. The molecular weight excluding hydrogens is 356 g/mol. The maximum absolute atomic E-state index is 12.3. The molecule has 0 aromatic heterocycles. The Labute approximate surface area is 176 Å². The molecule has 3 rings (SSSR count). The molecule has 0 radical (unpaired) electrons. The Bertz CT molecular complexity index is 812. The number of aryl methyl sites for hydroxylation is 2. The van der Waals surface area contributed by atoms with E-state index in [1.807, 2.05) is 4.90 Å². The number of carbonyl (C=O) groups is 1. The Kier molecular flexibility index (Phi) is 7.35. The summed E-state index contributed by atoms with van der Waals surface area (Å²) in [5, 5.41) is 3.76. The van der Waals surface area contributed by atoms with Crippen LogP contribution in [0, 0.1) is 0 Å². The molecule has 156 valence electrons. The first-order chi connectivity index (χ1) is 14.0. The normalized spacial score (nSPS) is 18.4. The van der Waals surface area contributed by atoms with Gasteiger partial charge < -0.3 is 10.2 Å². The molecule has 0 bridgehead atoms. The SMILES string of the molecule is CCCCc1ccc(N[C@@H]2C[C@H](C)N(C(C)=O)c3ccc(CCCC)cc32)cc1. The number of nitrogens with one attached hydrogen (secondary N) is 1. The number of rotatable bonds is 8. The molecule has 0 spiro atoms. The molecular formula is C26H36N2O. The fourth-order valence-electron chi connectivity index (χ4n) is 4.42. The van der Waals surface area contributed by atoms with Crippen LogP contribution in [0.1, 0.15) is 82.5 Å². The highest BCUT2D eigenvalue weighted by atomic mass is 16.2. The molecule has 3 heteroatoms. The second-order valence-electron chi connectivity index (χ2n) is 8.47. The summed E-state index contributed by atoms with van der Waals surface area (Å²) in [4.78, 5) is 14.3. The average Bonchev–Trinajstić information content (AvgIpc) is 2.71. The summed E-state index contributed by atoms with van der Waals surface area (Å²) in [7, 11) is 0. The first kappa shape index (κ1) is 21.4. The van der Waals surface area contributed by atoms with Gasteiger partial charge in [0.2, 0.25) is 5.91 Å². The van der Waals surface area contributed by atoms with Crippen molar-refractivity contribution in [2.45, 2.75) is 84.7 Å². The number of unbranched alkanes of at least 4 members (excludes halogenated alkanes) is 2. The molecule has 3 nitrogen and oxygen atoms in total. The number of carbonyl (C=O) groups excluding carboxylic acids is 1. The Hall–Kier alpha value is -2.29. The van der Waals surface area contributed by atoms with Crippen molar-refractivity contribution in [2.24, 2.45) is 0 Å². The van der Waals surface area contributed by atoms with Gasteiger partial charge in [0.1, 0.15) is 0 Å². The molecule has 1 aliphatic heterocycles. The molecule has 2 aromatic carbocycles. The van der Waals surface area contributed by atoms with E-state index in [-0.39, 0.29) is 18.0 Å². The molecule has 0 fully saturated rings. The minimum absolute atomic E-state index is 0.124. The summed E-state index contributed by atoms with van der Waals surface area (Å²) in [5.74, 6) is 0.124. The highest BCUT2D eigenvalue weighted by molar-refractivity contribution is 5.93. The van der Waals surface area contributed by atoms with E-state index in [1.54, 1.807) is 6.92 Å². The maximum atomic E-state index is 12.3. The van der Waals surface area contributed by atoms with E-state index in [0.717, 1.165) is 30.6 Å². The van der Waals surface area contributed by atoms with Crippen LogP contribution in [0.15, 0.2) is 42.5 Å². The number of fused-ring (bicyclic) bond motifs is 1. The van der Waals surface area contributed by atoms with Gasteiger partial charge in [0.25, 0.3) is 0 Å². The van der Waals surface area contributed by atoms with Gasteiger partial charge in [-0.3, -0.25) is 4.79 Å². The topological polar surface area (TPSA) is 32.3 Å². The van der Waals surface area contributed by atoms with Gasteiger partial charge in [-0.2, -0.15) is 0 Å². The van der Waals surface area contributed by atoms with Gasteiger partial charge in [-0.1, -0.05) is 51.0 Å². The zero-order valence-electron chi connectivity index (χ0n) is 18.5. The molecule has 2 aromatic rings. The van der Waals surface area contributed by atoms with Crippen LogP contribution in [0.2, 0.25) is 0 Å². The number of hydrogen-bond acceptors (Lipinski definition) is 2. The zero-order valence-corrected chi connectivity index (χ0v) is 18.5. The minimum Gasteiger partial charge on any atom is -0.378 e. The van der Waals surface area contributed by atoms with Crippen LogP contribution < -0.4 is 10.2 Å². The molecule has 2 atom stereocenters. The van der Waals surface area contributed by atoms with Gasteiger partial charge in [-0.05, 0) is 73.9 Å². The minimum atomic E-state index is 0.124. The van der Waals surface area contributed by atoms with Crippen molar-refractivity contribution in [1.82, 2.24) is 0 Å². The molecule has 0 saturated heterocycles. The highest BCUT2D eigenvalue weighted by Gasteiger charge is 2.32. The van der Waals surface area contributed by atoms with Crippen LogP contribution in [0.25, 0.3) is 0 Å². The quantitative estimate of drug-likeness (QED) is 0.544. The molecule has 0 aliphatic carbocycles. The van der Waals surface area contributed by atoms with E-state index in [2.05, 4.69) is 68.6 Å². The Morgan fingerprint density at radius 3 is 2.24 bits per heavy atom. The largest absolute Gasteiger partial charge is 0.378 e. The van der Waals surface area contributed by atoms with Gasteiger partial charge >= 0.3 is 0 Å². The van der Waals surface area contributed by atoms with Crippen LogP contribution in [0.4, 0.5) is 11.4 Å². The van der Waals surface area contributed by atoms with E-state index < -0.39 is 0 Å². The van der Waals surface area contributed by atoms with Crippen LogP contribution in [-0.2, 0) is 17.6 Å². The number of anilines is 2. The second-order valence-corrected chi connectivity index (χ2v) is 8.47. The van der Waals surface area contributed by atoms with Crippen molar-refractivity contribution < 1.29 is 4.79 Å². The van der Waals surface area contributed by atoms with Gasteiger partial charge in [-0.15, -0.1) is 0 Å². The van der Waals surface area contributed by atoms with Crippen molar-refractivity contribution in [3.8, 4) is 0 Å². The predicted octanol–water partition coefficient (Wildman–Crippen LogP) is 6.67. The summed E-state index contributed by atoms with van der Waals surface area (Å²) in [5.41, 5.74) is 6.24. The molecule has 0 saturated carbocycles. The summed E-state index contributed by atoms with van der Waals surface area (Å²) in [6, 6.07) is 16.0. The molecule has 1 heterocycles. The Balaban J connectivity index is 1.86. The van der Waals surface area contributed by atoms with Gasteiger partial charge in [0.05, 0.1) is 6.04 Å². The van der Waals surface area contributed by atoms with Crippen LogP contribution >= 0.6 is 0 Å². The fourth-order valence-corrected chi connectivity index (χ4v) is 4.42. The lowest BCUT2D eigenvalue weighted by molar-refractivity contribution is -0.117. The summed E-state index contributed by atoms with van der Waals surface area (Å²) in [6.45, 7) is 8.29. The van der Waals surface area contributed by atoms with Gasteiger partial charge in [0.15, 0.2) is 0 Å². The first-order valence-corrected chi connectivity index (χ1v) is 11.3. The summed E-state index contributed by atoms with van der Waals surface area (Å²) >= 11 is 0. The number of nitrogens with zero attached hydrogens (tertiary/aromatic N) is 1. The van der Waals surface area contributed by atoms with Crippen molar-refractivity contribution in [1.29, 1.82) is 0 Å². The zero-order chi connectivity index (χ0) is 20.8. The van der Waals surface area contributed by atoms with E-state index >= 15 is 0 Å². The van der Waals surface area contributed by atoms with Crippen molar-refractivity contribution in [2.75, 3.05) is 10.2 Å². The Morgan fingerprint density at radius 1 is 1.00 bits per heavy atom. The molecule has 29 heavy (non-hydrogen) atoms. The van der Waals surface area contributed by atoms with E-state index in [9.17, 15) is 4.79 Å². The average molecular weight is 393 g/mol. The second kappa shape index (κ2) is 9.96. The van der Waals surface area contributed by atoms with Gasteiger partial charge in [0, 0.05) is 24.3 Å². The predicted molar refractivity (Wildman–Crippen MR) is 124 cm³/mol. The first-order valence-electron chi connectivity index (χ1n) is 11.3.